The summed E-state index contributed by atoms with van der Waals surface area (Å²) in [6, 6.07) is 0. The molecule has 1 aromatic rings. The third-order valence-corrected chi connectivity index (χ3v) is 2.46. The van der Waals surface area contributed by atoms with E-state index in [0.717, 1.165) is 0 Å². The van der Waals surface area contributed by atoms with Crippen LogP contribution in [0.2, 0.25) is 0 Å². The molecule has 0 aliphatic rings. The maximum atomic E-state index is 11.2. The van der Waals surface area contributed by atoms with Crippen molar-refractivity contribution >= 4 is 11.9 Å². The molecule has 0 spiro atoms. The predicted molar refractivity (Wildman–Crippen MR) is 54.7 cm³/mol. The van der Waals surface area contributed by atoms with E-state index in [-0.39, 0.29) is 5.91 Å². The number of primary amides is 1. The Morgan fingerprint density at radius 3 is 2.79 bits per heavy atom. The van der Waals surface area contributed by atoms with E-state index in [2.05, 4.69) is 10.3 Å². The van der Waals surface area contributed by atoms with E-state index in [4.69, 9.17) is 5.73 Å². The summed E-state index contributed by atoms with van der Waals surface area (Å²) in [6.45, 7) is 3.67. The van der Waals surface area contributed by atoms with Gasteiger partial charge in [-0.05, 0) is 13.3 Å². The molecular weight excluding hydrogens is 180 g/mol. The largest absolute Gasteiger partial charge is 0.368 e. The number of hydrogen-bond donors (Lipinski definition) is 2. The van der Waals surface area contributed by atoms with Gasteiger partial charge in [0.15, 0.2) is 0 Å². The Bertz CT molecular complexity index is 333. The number of aryl methyl sites for hydroxylation is 1. The van der Waals surface area contributed by atoms with Crippen LogP contribution >= 0.6 is 0 Å². The molecule has 14 heavy (non-hydrogen) atoms. The van der Waals surface area contributed by atoms with Gasteiger partial charge in [-0.15, -0.1) is 0 Å². The molecular formula is C9H16N4O. The van der Waals surface area contributed by atoms with Crippen LogP contribution in [0.5, 0.6) is 0 Å². The van der Waals surface area contributed by atoms with Crippen LogP contribution in [-0.2, 0) is 11.8 Å². The van der Waals surface area contributed by atoms with E-state index >= 15 is 0 Å². The molecule has 0 aliphatic carbocycles. The average molecular weight is 196 g/mol. The van der Waals surface area contributed by atoms with Gasteiger partial charge in [-0.1, -0.05) is 6.92 Å². The minimum Gasteiger partial charge on any atom is -0.368 e. The fourth-order valence-corrected chi connectivity index (χ4v) is 1.06. The number of nitrogens with zero attached hydrogens (tertiary/aromatic N) is 2. The van der Waals surface area contributed by atoms with Crippen LogP contribution in [0.1, 0.15) is 20.3 Å². The van der Waals surface area contributed by atoms with Crippen molar-refractivity contribution in [2.75, 3.05) is 5.32 Å². The van der Waals surface area contributed by atoms with Crippen LogP contribution in [0.15, 0.2) is 12.4 Å². The maximum Gasteiger partial charge on any atom is 0.242 e. The third-order valence-electron chi connectivity index (χ3n) is 2.46. The molecule has 5 nitrogen and oxygen atoms in total. The predicted octanol–water partition coefficient (Wildman–Crippen LogP) is 0.486. The molecule has 0 saturated carbocycles. The molecule has 5 heteroatoms. The zero-order valence-electron chi connectivity index (χ0n) is 8.74. The van der Waals surface area contributed by atoms with Crippen LogP contribution in [0.4, 0.5) is 5.95 Å². The first kappa shape index (κ1) is 10.6. The van der Waals surface area contributed by atoms with Crippen LogP contribution < -0.4 is 11.1 Å². The van der Waals surface area contributed by atoms with Crippen LogP contribution in [0.3, 0.4) is 0 Å². The second-order valence-electron chi connectivity index (χ2n) is 3.54. The number of nitrogens with two attached hydrogens (primary N) is 1. The van der Waals surface area contributed by atoms with Crippen LogP contribution in [-0.4, -0.2) is 21.0 Å². The highest BCUT2D eigenvalue weighted by atomic mass is 16.1. The number of anilines is 1. The quantitative estimate of drug-likeness (QED) is 0.736. The Balaban J connectivity index is 2.86. The Kier molecular flexibility index (Phi) is 2.78. The van der Waals surface area contributed by atoms with E-state index in [1.807, 2.05) is 14.0 Å². The van der Waals surface area contributed by atoms with Crippen molar-refractivity contribution in [2.24, 2.45) is 12.8 Å². The zero-order chi connectivity index (χ0) is 10.8. The highest BCUT2D eigenvalue weighted by molar-refractivity contribution is 5.86. The zero-order valence-corrected chi connectivity index (χ0v) is 8.74. The normalized spacial score (nSPS) is 14.8. The Labute approximate surface area is 83.3 Å². The van der Waals surface area contributed by atoms with E-state index in [9.17, 15) is 4.79 Å². The molecule has 1 amide bonds. The van der Waals surface area contributed by atoms with Gasteiger partial charge in [0.25, 0.3) is 0 Å². The lowest BCUT2D eigenvalue weighted by Crippen LogP contribution is -2.47. The highest BCUT2D eigenvalue weighted by Gasteiger charge is 2.29. The van der Waals surface area contributed by atoms with Crippen molar-refractivity contribution in [3.05, 3.63) is 12.4 Å². The van der Waals surface area contributed by atoms with Crippen molar-refractivity contribution in [2.45, 2.75) is 25.8 Å². The molecule has 78 valence electrons. The van der Waals surface area contributed by atoms with E-state index < -0.39 is 5.54 Å². The van der Waals surface area contributed by atoms with Crippen LogP contribution in [0.25, 0.3) is 0 Å². The minimum absolute atomic E-state index is 0.372. The van der Waals surface area contributed by atoms with E-state index in [1.165, 1.54) is 0 Å². The summed E-state index contributed by atoms with van der Waals surface area (Å²) in [7, 11) is 1.85. The van der Waals surface area contributed by atoms with Gasteiger partial charge in [0.1, 0.15) is 5.54 Å². The fourth-order valence-electron chi connectivity index (χ4n) is 1.06. The van der Waals surface area contributed by atoms with Crippen molar-refractivity contribution in [1.29, 1.82) is 0 Å². The Hall–Kier alpha value is -1.52. The minimum atomic E-state index is -0.737. The van der Waals surface area contributed by atoms with Crippen LogP contribution in [0, 0.1) is 0 Å². The molecule has 0 radical (unpaired) electrons. The summed E-state index contributed by atoms with van der Waals surface area (Å²) in [5.41, 5.74) is 4.57. The molecule has 1 atom stereocenters. The lowest BCUT2D eigenvalue weighted by atomic mass is 9.98. The van der Waals surface area contributed by atoms with Crippen molar-refractivity contribution in [3.63, 3.8) is 0 Å². The lowest BCUT2D eigenvalue weighted by Gasteiger charge is -2.26. The smallest absolute Gasteiger partial charge is 0.242 e. The highest BCUT2D eigenvalue weighted by Crippen LogP contribution is 2.15. The van der Waals surface area contributed by atoms with Gasteiger partial charge in [0.2, 0.25) is 11.9 Å². The number of aromatic nitrogens is 2. The maximum absolute atomic E-state index is 11.2. The summed E-state index contributed by atoms with van der Waals surface area (Å²) in [6.07, 6.45) is 4.09. The summed E-state index contributed by atoms with van der Waals surface area (Å²) in [5, 5.41) is 3.03. The molecule has 1 unspecified atom stereocenters. The van der Waals surface area contributed by atoms with Gasteiger partial charge in [-0.2, -0.15) is 0 Å². The molecule has 1 aromatic heterocycles. The summed E-state index contributed by atoms with van der Waals surface area (Å²) in [5.74, 6) is 0.274. The topological polar surface area (TPSA) is 72.9 Å². The van der Waals surface area contributed by atoms with Gasteiger partial charge in [0, 0.05) is 19.4 Å². The number of nitrogens with one attached hydrogen (secondary N) is 1. The molecule has 1 rings (SSSR count). The molecule has 1 heterocycles. The van der Waals surface area contributed by atoms with Crippen molar-refractivity contribution < 1.29 is 4.79 Å². The Morgan fingerprint density at radius 2 is 2.43 bits per heavy atom. The SMILES string of the molecule is CCC(C)(Nc1nccn1C)C(N)=O. The van der Waals surface area contributed by atoms with Gasteiger partial charge in [-0.25, -0.2) is 4.98 Å². The second-order valence-corrected chi connectivity index (χ2v) is 3.54. The number of carbonyl (C=O) groups is 1. The van der Waals surface area contributed by atoms with Gasteiger partial charge >= 0.3 is 0 Å². The monoisotopic (exact) mass is 196 g/mol. The van der Waals surface area contributed by atoms with Gasteiger partial charge < -0.3 is 15.6 Å². The average Bonchev–Trinajstić information content (AvgIpc) is 2.51. The fraction of sp³-hybridized carbons (Fsp3) is 0.556. The molecule has 0 fully saturated rings. The molecule has 0 bridgehead atoms. The number of amides is 1. The first-order valence-corrected chi connectivity index (χ1v) is 4.55. The summed E-state index contributed by atoms with van der Waals surface area (Å²) in [4.78, 5) is 15.3. The van der Waals surface area contributed by atoms with E-state index in [1.54, 1.807) is 23.9 Å². The number of imidazole rings is 1. The van der Waals surface area contributed by atoms with E-state index in [0.29, 0.717) is 12.4 Å². The Morgan fingerprint density at radius 1 is 1.79 bits per heavy atom. The number of rotatable bonds is 4. The molecule has 3 N–H and O–H groups in total. The summed E-state index contributed by atoms with van der Waals surface area (Å²) < 4.78 is 1.80. The van der Waals surface area contributed by atoms with Gasteiger partial charge in [-0.3, -0.25) is 4.79 Å². The summed E-state index contributed by atoms with van der Waals surface area (Å²) >= 11 is 0. The molecule has 0 saturated heterocycles. The van der Waals surface area contributed by atoms with Crippen molar-refractivity contribution in [1.82, 2.24) is 9.55 Å². The molecule has 0 aliphatic heterocycles. The van der Waals surface area contributed by atoms with Crippen molar-refractivity contribution in [3.8, 4) is 0 Å². The standard InChI is InChI=1S/C9H16N4O/c1-4-9(2,7(10)14)12-8-11-5-6-13(8)3/h5-6H,4H2,1-3H3,(H2,10,14)(H,11,12). The first-order valence-electron chi connectivity index (χ1n) is 4.55. The second kappa shape index (κ2) is 3.69. The third kappa shape index (κ3) is 1.86. The number of hydrogen-bond acceptors (Lipinski definition) is 3. The first-order chi connectivity index (χ1) is 6.49. The lowest BCUT2D eigenvalue weighted by molar-refractivity contribution is -0.121. The molecule has 0 aromatic carbocycles. The van der Waals surface area contributed by atoms with Gasteiger partial charge in [0.05, 0.1) is 0 Å². The number of carbonyl (C=O) groups excluding carboxylic acids is 1.